The van der Waals surface area contributed by atoms with Gasteiger partial charge in [0.1, 0.15) is 5.75 Å². The molecule has 0 spiro atoms. The molecule has 0 aliphatic rings. The van der Waals surface area contributed by atoms with Gasteiger partial charge < -0.3 is 4.74 Å². The Balaban J connectivity index is 2.94. The van der Waals surface area contributed by atoms with E-state index in [2.05, 4.69) is 4.74 Å². The summed E-state index contributed by atoms with van der Waals surface area (Å²) in [5.41, 5.74) is 0. The maximum atomic E-state index is 11.7. The molecular formula is C7H3Cl2F3O. The van der Waals surface area contributed by atoms with Gasteiger partial charge in [0.15, 0.2) is 0 Å². The number of hydrogen-bond donors (Lipinski definition) is 0. The van der Waals surface area contributed by atoms with E-state index >= 15 is 0 Å². The molecule has 72 valence electrons. The van der Waals surface area contributed by atoms with Crippen LogP contribution in [0, 0.1) is 0 Å². The number of alkyl halides is 3. The summed E-state index contributed by atoms with van der Waals surface area (Å²) < 4.78 is 38.8. The Bertz CT molecular complexity index is 311. The van der Waals surface area contributed by atoms with Crippen LogP contribution in [0.1, 0.15) is 0 Å². The average molecular weight is 231 g/mol. The predicted octanol–water partition coefficient (Wildman–Crippen LogP) is 3.89. The zero-order valence-corrected chi connectivity index (χ0v) is 7.54. The van der Waals surface area contributed by atoms with E-state index in [0.29, 0.717) is 0 Å². The summed E-state index contributed by atoms with van der Waals surface area (Å²) in [6.45, 7) is 0. The minimum atomic E-state index is -4.76. The third-order valence-electron chi connectivity index (χ3n) is 1.12. The molecule has 13 heavy (non-hydrogen) atoms. The average Bonchev–Trinajstić information content (AvgIpc) is 1.94. The number of ether oxygens (including phenoxy) is 1. The Morgan fingerprint density at radius 2 is 1.77 bits per heavy atom. The summed E-state index contributed by atoms with van der Waals surface area (Å²) in [5, 5.41) is -0.00891. The van der Waals surface area contributed by atoms with Gasteiger partial charge in [-0.2, -0.15) is 0 Å². The number of rotatable bonds is 1. The van der Waals surface area contributed by atoms with Gasteiger partial charge in [-0.25, -0.2) is 0 Å². The van der Waals surface area contributed by atoms with E-state index in [1.807, 2.05) is 0 Å². The quantitative estimate of drug-likeness (QED) is 0.712. The highest BCUT2D eigenvalue weighted by molar-refractivity contribution is 6.34. The van der Waals surface area contributed by atoms with Crippen molar-refractivity contribution >= 4 is 23.2 Å². The van der Waals surface area contributed by atoms with Crippen LogP contribution in [0.2, 0.25) is 10.0 Å². The van der Waals surface area contributed by atoms with Gasteiger partial charge in [0.25, 0.3) is 0 Å². The van der Waals surface area contributed by atoms with Gasteiger partial charge in [-0.3, -0.25) is 0 Å². The fraction of sp³-hybridized carbons (Fsp3) is 0.143. The SMILES string of the molecule is FC(F)(F)Oc1cc(Cl)ccc1Cl. The molecule has 0 saturated heterocycles. The van der Waals surface area contributed by atoms with Crippen molar-refractivity contribution in [3.05, 3.63) is 28.2 Å². The lowest BCUT2D eigenvalue weighted by Crippen LogP contribution is -2.17. The van der Waals surface area contributed by atoms with Crippen LogP contribution in [0.25, 0.3) is 0 Å². The van der Waals surface area contributed by atoms with Gasteiger partial charge in [-0.1, -0.05) is 23.2 Å². The van der Waals surface area contributed by atoms with Gasteiger partial charge in [-0.15, -0.1) is 13.2 Å². The van der Waals surface area contributed by atoms with Crippen LogP contribution in [0.4, 0.5) is 13.2 Å². The molecule has 0 amide bonds. The van der Waals surface area contributed by atoms with E-state index in [1.54, 1.807) is 0 Å². The van der Waals surface area contributed by atoms with E-state index in [9.17, 15) is 13.2 Å². The summed E-state index contributed by atoms with van der Waals surface area (Å²) >= 11 is 10.9. The van der Waals surface area contributed by atoms with Crippen LogP contribution >= 0.6 is 23.2 Å². The summed E-state index contributed by atoms with van der Waals surface area (Å²) in [6.07, 6.45) is -4.76. The first-order valence-electron chi connectivity index (χ1n) is 3.09. The molecule has 0 aromatic heterocycles. The summed E-state index contributed by atoms with van der Waals surface area (Å²) in [6, 6.07) is 3.59. The predicted molar refractivity (Wildman–Crippen MR) is 43.1 cm³/mol. The molecule has 0 aliphatic heterocycles. The first-order chi connectivity index (χ1) is 5.88. The third kappa shape index (κ3) is 3.32. The van der Waals surface area contributed by atoms with E-state index in [4.69, 9.17) is 23.2 Å². The maximum Gasteiger partial charge on any atom is 0.573 e. The van der Waals surface area contributed by atoms with E-state index in [-0.39, 0.29) is 10.0 Å². The van der Waals surface area contributed by atoms with Crippen LogP contribution in [-0.4, -0.2) is 6.36 Å². The maximum absolute atomic E-state index is 11.7. The molecule has 0 bridgehead atoms. The molecule has 6 heteroatoms. The van der Waals surface area contributed by atoms with Crippen molar-refractivity contribution in [3.8, 4) is 5.75 Å². The van der Waals surface area contributed by atoms with Crippen molar-refractivity contribution in [2.45, 2.75) is 6.36 Å². The topological polar surface area (TPSA) is 9.23 Å². The van der Waals surface area contributed by atoms with Crippen LogP contribution < -0.4 is 4.74 Å². The standard InChI is InChI=1S/C7H3Cl2F3O/c8-4-1-2-5(9)6(3-4)13-7(10,11)12/h1-3H. The molecule has 0 radical (unpaired) electrons. The molecule has 1 nitrogen and oxygen atoms in total. The third-order valence-corrected chi connectivity index (χ3v) is 1.67. The number of hydrogen-bond acceptors (Lipinski definition) is 1. The van der Waals surface area contributed by atoms with Crippen molar-refractivity contribution in [3.63, 3.8) is 0 Å². The Kier molecular flexibility index (Phi) is 2.93. The summed E-state index contributed by atoms with van der Waals surface area (Å²) in [7, 11) is 0. The molecule has 1 aromatic carbocycles. The minimum Gasteiger partial charge on any atom is -0.404 e. The highest BCUT2D eigenvalue weighted by atomic mass is 35.5. The van der Waals surface area contributed by atoms with Crippen LogP contribution in [-0.2, 0) is 0 Å². The first kappa shape index (κ1) is 10.5. The number of benzene rings is 1. The fourth-order valence-electron chi connectivity index (χ4n) is 0.680. The largest absolute Gasteiger partial charge is 0.573 e. The summed E-state index contributed by atoms with van der Waals surface area (Å²) in [4.78, 5) is 0. The first-order valence-corrected chi connectivity index (χ1v) is 3.85. The normalized spacial score (nSPS) is 11.5. The fourth-order valence-corrected chi connectivity index (χ4v) is 0.998. The zero-order valence-electron chi connectivity index (χ0n) is 6.03. The van der Waals surface area contributed by atoms with E-state index in [1.165, 1.54) is 12.1 Å². The molecule has 1 rings (SSSR count). The van der Waals surface area contributed by atoms with Gasteiger partial charge in [0.2, 0.25) is 0 Å². The van der Waals surface area contributed by atoms with Gasteiger partial charge >= 0.3 is 6.36 Å². The van der Waals surface area contributed by atoms with Gasteiger partial charge in [0.05, 0.1) is 5.02 Å². The van der Waals surface area contributed by atoms with Crippen molar-refractivity contribution in [2.24, 2.45) is 0 Å². The smallest absolute Gasteiger partial charge is 0.404 e. The Labute approximate surface area is 82.0 Å². The second-order valence-electron chi connectivity index (χ2n) is 2.12. The molecular weight excluding hydrogens is 228 g/mol. The molecule has 0 N–H and O–H groups in total. The summed E-state index contributed by atoms with van der Waals surface area (Å²) in [5.74, 6) is -0.498. The Morgan fingerprint density at radius 1 is 1.15 bits per heavy atom. The van der Waals surface area contributed by atoms with E-state index < -0.39 is 12.1 Å². The molecule has 0 heterocycles. The zero-order chi connectivity index (χ0) is 10.1. The second kappa shape index (κ2) is 3.64. The molecule has 0 atom stereocenters. The Hall–Kier alpha value is -0.610. The lowest BCUT2D eigenvalue weighted by Gasteiger charge is -2.09. The van der Waals surface area contributed by atoms with Crippen molar-refractivity contribution in [2.75, 3.05) is 0 Å². The molecule has 1 aromatic rings. The highest BCUT2D eigenvalue weighted by Crippen LogP contribution is 2.32. The Morgan fingerprint density at radius 3 is 2.31 bits per heavy atom. The highest BCUT2D eigenvalue weighted by Gasteiger charge is 2.32. The van der Waals surface area contributed by atoms with Crippen molar-refractivity contribution in [1.29, 1.82) is 0 Å². The molecule has 0 fully saturated rings. The number of halogens is 5. The monoisotopic (exact) mass is 230 g/mol. The van der Waals surface area contributed by atoms with Gasteiger partial charge in [0, 0.05) is 11.1 Å². The molecule has 0 saturated carbocycles. The van der Waals surface area contributed by atoms with E-state index in [0.717, 1.165) is 6.07 Å². The van der Waals surface area contributed by atoms with Crippen LogP contribution in [0.5, 0.6) is 5.75 Å². The minimum absolute atomic E-state index is 0.128. The molecule has 0 unspecified atom stereocenters. The van der Waals surface area contributed by atoms with Crippen molar-refractivity contribution in [1.82, 2.24) is 0 Å². The molecule has 0 aliphatic carbocycles. The van der Waals surface area contributed by atoms with Crippen LogP contribution in [0.3, 0.4) is 0 Å². The second-order valence-corrected chi connectivity index (χ2v) is 2.97. The lowest BCUT2D eigenvalue weighted by atomic mass is 10.3. The lowest BCUT2D eigenvalue weighted by molar-refractivity contribution is -0.274. The van der Waals surface area contributed by atoms with Gasteiger partial charge in [-0.05, 0) is 12.1 Å². The van der Waals surface area contributed by atoms with Crippen LogP contribution in [0.15, 0.2) is 18.2 Å². The van der Waals surface area contributed by atoms with Crippen molar-refractivity contribution < 1.29 is 17.9 Å².